The van der Waals surface area contributed by atoms with E-state index >= 15 is 0 Å². The van der Waals surface area contributed by atoms with Crippen LogP contribution in [0.2, 0.25) is 0 Å². The molecule has 0 radical (unpaired) electrons. The van der Waals surface area contributed by atoms with Gasteiger partial charge in [-0.25, -0.2) is 0 Å². The Labute approximate surface area is 106 Å². The van der Waals surface area contributed by atoms with Crippen molar-refractivity contribution in [2.45, 2.75) is 25.7 Å². The maximum atomic E-state index is 11.3. The first-order chi connectivity index (χ1) is 8.13. The monoisotopic (exact) mass is 249 g/mol. The van der Waals surface area contributed by atoms with Gasteiger partial charge in [-0.2, -0.15) is 5.26 Å². The molecule has 0 aliphatic heterocycles. The second-order valence-corrected chi connectivity index (χ2v) is 4.79. The number of hydrogen-bond donors (Lipinski definition) is 0. The number of carbonyl (C=O) groups excluding carboxylic acids is 1. The number of rotatable bonds is 5. The molecule has 1 aromatic carbocycles. The lowest BCUT2D eigenvalue weighted by atomic mass is 10.1. The number of nitrogens with zero attached hydrogens (tertiary/aromatic N) is 1. The lowest BCUT2D eigenvalue weighted by molar-refractivity contribution is -0.144. The van der Waals surface area contributed by atoms with Crippen LogP contribution < -0.4 is 0 Å². The predicted octanol–water partition coefficient (Wildman–Crippen LogP) is 2.74. The van der Waals surface area contributed by atoms with Crippen LogP contribution in [0, 0.1) is 11.3 Å². The first-order valence-corrected chi connectivity index (χ1v) is 6.54. The lowest BCUT2D eigenvalue weighted by Gasteiger charge is -2.07. The van der Waals surface area contributed by atoms with E-state index in [0.717, 1.165) is 5.56 Å². The Kier molecular flexibility index (Phi) is 5.58. The van der Waals surface area contributed by atoms with Crippen LogP contribution in [0.1, 0.15) is 25.0 Å². The van der Waals surface area contributed by atoms with Crippen LogP contribution in [0.5, 0.6) is 0 Å². The molecule has 0 unspecified atom stereocenters. The molecule has 4 heteroatoms. The van der Waals surface area contributed by atoms with Gasteiger partial charge in [-0.1, -0.05) is 18.2 Å². The van der Waals surface area contributed by atoms with Crippen LogP contribution >= 0.6 is 11.8 Å². The highest BCUT2D eigenvalue weighted by Gasteiger charge is 2.07. The van der Waals surface area contributed by atoms with Gasteiger partial charge in [-0.3, -0.25) is 4.79 Å². The van der Waals surface area contributed by atoms with Crippen molar-refractivity contribution in [1.82, 2.24) is 0 Å². The summed E-state index contributed by atoms with van der Waals surface area (Å²) in [5.74, 6) is 0.758. The van der Waals surface area contributed by atoms with Gasteiger partial charge < -0.3 is 4.74 Å². The zero-order valence-electron chi connectivity index (χ0n) is 9.97. The second-order valence-electron chi connectivity index (χ2n) is 3.80. The zero-order chi connectivity index (χ0) is 12.7. The molecule has 0 fully saturated rings. The van der Waals surface area contributed by atoms with Gasteiger partial charge in [0.25, 0.3) is 0 Å². The molecule has 0 saturated carbocycles. The number of ether oxygens (including phenoxy) is 1. The SMILES string of the molecule is CC(C)OC(=O)CSCc1ccccc1C#N. The van der Waals surface area contributed by atoms with E-state index in [-0.39, 0.29) is 12.1 Å². The minimum Gasteiger partial charge on any atom is -0.462 e. The van der Waals surface area contributed by atoms with Crippen molar-refractivity contribution in [2.24, 2.45) is 0 Å². The minimum atomic E-state index is -0.209. The molecule has 0 amide bonds. The Bertz CT molecular complexity index is 424. The van der Waals surface area contributed by atoms with Crippen molar-refractivity contribution in [3.63, 3.8) is 0 Å². The number of carbonyl (C=O) groups is 1. The number of nitriles is 1. The van der Waals surface area contributed by atoms with Gasteiger partial charge in [0.05, 0.1) is 23.5 Å². The van der Waals surface area contributed by atoms with Gasteiger partial charge in [-0.15, -0.1) is 11.8 Å². The molecular weight excluding hydrogens is 234 g/mol. The van der Waals surface area contributed by atoms with Gasteiger partial charge in [0.1, 0.15) is 0 Å². The third-order valence-corrected chi connectivity index (χ3v) is 2.94. The maximum Gasteiger partial charge on any atom is 0.316 e. The molecule has 0 N–H and O–H groups in total. The normalized spacial score (nSPS) is 10.0. The average Bonchev–Trinajstić information content (AvgIpc) is 2.28. The molecule has 0 aromatic heterocycles. The maximum absolute atomic E-state index is 11.3. The summed E-state index contributed by atoms with van der Waals surface area (Å²) in [7, 11) is 0. The zero-order valence-corrected chi connectivity index (χ0v) is 10.8. The fraction of sp³-hybridized carbons (Fsp3) is 0.385. The molecule has 0 spiro atoms. The topological polar surface area (TPSA) is 50.1 Å². The summed E-state index contributed by atoms with van der Waals surface area (Å²) in [6, 6.07) is 9.54. The van der Waals surface area contributed by atoms with Crippen LogP contribution in [0.25, 0.3) is 0 Å². The molecule has 0 atom stereocenters. The quantitative estimate of drug-likeness (QED) is 0.753. The average molecular weight is 249 g/mol. The fourth-order valence-electron chi connectivity index (χ4n) is 1.30. The fourth-order valence-corrected chi connectivity index (χ4v) is 2.10. The highest BCUT2D eigenvalue weighted by atomic mass is 32.2. The summed E-state index contributed by atoms with van der Waals surface area (Å²) in [5, 5.41) is 8.90. The summed E-state index contributed by atoms with van der Waals surface area (Å²) in [6.07, 6.45) is -0.0745. The van der Waals surface area contributed by atoms with E-state index in [1.807, 2.05) is 32.0 Å². The van der Waals surface area contributed by atoms with Crippen molar-refractivity contribution in [1.29, 1.82) is 5.26 Å². The molecule has 17 heavy (non-hydrogen) atoms. The Morgan fingerprint density at radius 3 is 2.82 bits per heavy atom. The van der Waals surface area contributed by atoms with Crippen molar-refractivity contribution in [2.75, 3.05) is 5.75 Å². The summed E-state index contributed by atoms with van der Waals surface area (Å²) >= 11 is 1.46. The van der Waals surface area contributed by atoms with Crippen molar-refractivity contribution < 1.29 is 9.53 Å². The summed E-state index contributed by atoms with van der Waals surface area (Å²) in [5.41, 5.74) is 1.62. The summed E-state index contributed by atoms with van der Waals surface area (Å²) in [6.45, 7) is 3.65. The van der Waals surface area contributed by atoms with Crippen molar-refractivity contribution in [3.8, 4) is 6.07 Å². The summed E-state index contributed by atoms with van der Waals surface area (Å²) < 4.78 is 5.02. The first-order valence-electron chi connectivity index (χ1n) is 5.38. The third kappa shape index (κ3) is 4.92. The third-order valence-electron chi connectivity index (χ3n) is 1.98. The number of thioether (sulfide) groups is 1. The molecule has 3 nitrogen and oxygen atoms in total. The van der Waals surface area contributed by atoms with E-state index in [0.29, 0.717) is 17.1 Å². The van der Waals surface area contributed by atoms with E-state index in [2.05, 4.69) is 6.07 Å². The van der Waals surface area contributed by atoms with Gasteiger partial charge in [-0.05, 0) is 25.5 Å². The largest absolute Gasteiger partial charge is 0.462 e. The molecule has 0 aliphatic carbocycles. The van der Waals surface area contributed by atoms with E-state index in [4.69, 9.17) is 10.00 Å². The smallest absolute Gasteiger partial charge is 0.316 e. The van der Waals surface area contributed by atoms with Crippen LogP contribution in [0.15, 0.2) is 24.3 Å². The predicted molar refractivity (Wildman–Crippen MR) is 68.5 cm³/mol. The minimum absolute atomic E-state index is 0.0745. The van der Waals surface area contributed by atoms with Crippen LogP contribution in [0.4, 0.5) is 0 Å². The standard InChI is InChI=1S/C13H15NO2S/c1-10(2)16-13(15)9-17-8-12-6-4-3-5-11(12)7-14/h3-6,10H,8-9H2,1-2H3. The van der Waals surface area contributed by atoms with E-state index in [1.165, 1.54) is 11.8 Å². The number of benzene rings is 1. The van der Waals surface area contributed by atoms with E-state index < -0.39 is 0 Å². The molecule has 1 aromatic rings. The Hall–Kier alpha value is -1.47. The van der Waals surface area contributed by atoms with Gasteiger partial charge in [0.15, 0.2) is 0 Å². The first kappa shape index (κ1) is 13.6. The van der Waals surface area contributed by atoms with Crippen molar-refractivity contribution >= 4 is 17.7 Å². The van der Waals surface area contributed by atoms with Crippen LogP contribution in [-0.2, 0) is 15.3 Å². The highest BCUT2D eigenvalue weighted by molar-refractivity contribution is 7.99. The Morgan fingerprint density at radius 2 is 2.18 bits per heavy atom. The molecule has 0 aliphatic rings. The molecular formula is C13H15NO2S. The van der Waals surface area contributed by atoms with E-state index in [9.17, 15) is 4.79 Å². The molecule has 0 saturated heterocycles. The Morgan fingerprint density at radius 1 is 1.47 bits per heavy atom. The van der Waals surface area contributed by atoms with Gasteiger partial charge >= 0.3 is 5.97 Å². The van der Waals surface area contributed by atoms with Gasteiger partial charge in [0.2, 0.25) is 0 Å². The van der Waals surface area contributed by atoms with E-state index in [1.54, 1.807) is 6.07 Å². The number of hydrogen-bond acceptors (Lipinski definition) is 4. The van der Waals surface area contributed by atoms with Crippen LogP contribution in [0.3, 0.4) is 0 Å². The number of esters is 1. The molecule has 0 bridgehead atoms. The van der Waals surface area contributed by atoms with Crippen molar-refractivity contribution in [3.05, 3.63) is 35.4 Å². The summed E-state index contributed by atoms with van der Waals surface area (Å²) in [4.78, 5) is 11.3. The second kappa shape index (κ2) is 6.97. The van der Waals surface area contributed by atoms with Gasteiger partial charge in [0, 0.05) is 5.75 Å². The molecule has 1 rings (SSSR count). The molecule has 90 valence electrons. The van der Waals surface area contributed by atoms with Crippen LogP contribution in [-0.4, -0.2) is 17.8 Å². The molecule has 0 heterocycles. The highest BCUT2D eigenvalue weighted by Crippen LogP contribution is 2.16. The Balaban J connectivity index is 2.41. The lowest BCUT2D eigenvalue weighted by Crippen LogP contribution is -2.13.